The topological polar surface area (TPSA) is 72.5 Å². The molecule has 1 heterocycles. The summed E-state index contributed by atoms with van der Waals surface area (Å²) in [5, 5.41) is 2.81. The third-order valence-corrected chi connectivity index (χ3v) is 4.79. The molecule has 6 heteroatoms. The Bertz CT molecular complexity index is 670. The first-order valence-corrected chi connectivity index (χ1v) is 7.64. The molecule has 1 saturated heterocycles. The molecule has 0 aromatic heterocycles. The SMILES string of the molecule is COc1c(Cl)ccc2c1CCC(C1CCC(=O)NC1=O)C2=O. The number of rotatable bonds is 2. The number of ether oxygens (including phenoxy) is 1. The number of benzene rings is 1. The minimum Gasteiger partial charge on any atom is -0.495 e. The van der Waals surface area contributed by atoms with Crippen molar-refractivity contribution in [2.45, 2.75) is 25.7 Å². The Morgan fingerprint density at radius 2 is 1.86 bits per heavy atom. The number of fused-ring (bicyclic) bond motifs is 1. The van der Waals surface area contributed by atoms with E-state index in [1.54, 1.807) is 12.1 Å². The van der Waals surface area contributed by atoms with Gasteiger partial charge in [-0.3, -0.25) is 19.7 Å². The van der Waals surface area contributed by atoms with E-state index in [4.69, 9.17) is 16.3 Å². The van der Waals surface area contributed by atoms with Crippen molar-refractivity contribution in [1.82, 2.24) is 5.32 Å². The van der Waals surface area contributed by atoms with Crippen molar-refractivity contribution >= 4 is 29.2 Å². The maximum absolute atomic E-state index is 12.8. The van der Waals surface area contributed by atoms with E-state index in [1.165, 1.54) is 7.11 Å². The lowest BCUT2D eigenvalue weighted by atomic mass is 9.73. The molecule has 1 aromatic carbocycles. The number of amides is 2. The summed E-state index contributed by atoms with van der Waals surface area (Å²) in [4.78, 5) is 36.0. The van der Waals surface area contributed by atoms with Crippen LogP contribution in [0, 0.1) is 11.8 Å². The van der Waals surface area contributed by atoms with Crippen LogP contribution in [0.4, 0.5) is 0 Å². The predicted molar refractivity (Wildman–Crippen MR) is 80.0 cm³/mol. The fourth-order valence-corrected chi connectivity index (χ4v) is 3.66. The number of ketones is 1. The quantitative estimate of drug-likeness (QED) is 0.847. The average Bonchev–Trinajstić information content (AvgIpc) is 2.48. The molecule has 2 amide bonds. The van der Waals surface area contributed by atoms with Crippen molar-refractivity contribution in [3.8, 4) is 5.75 Å². The Labute approximate surface area is 133 Å². The minimum absolute atomic E-state index is 0.0642. The van der Waals surface area contributed by atoms with Crippen LogP contribution < -0.4 is 10.1 Å². The van der Waals surface area contributed by atoms with Gasteiger partial charge in [-0.05, 0) is 31.4 Å². The van der Waals surface area contributed by atoms with Crippen LogP contribution in [0.1, 0.15) is 35.2 Å². The first-order valence-electron chi connectivity index (χ1n) is 7.26. The van der Waals surface area contributed by atoms with Crippen LogP contribution in [0.15, 0.2) is 12.1 Å². The van der Waals surface area contributed by atoms with Gasteiger partial charge in [-0.25, -0.2) is 0 Å². The van der Waals surface area contributed by atoms with Crippen LogP contribution in [0.25, 0.3) is 0 Å². The molecule has 0 saturated carbocycles. The molecule has 1 fully saturated rings. The smallest absolute Gasteiger partial charge is 0.230 e. The number of hydrogen-bond donors (Lipinski definition) is 1. The third kappa shape index (κ3) is 2.39. The van der Waals surface area contributed by atoms with Gasteiger partial charge in [-0.15, -0.1) is 0 Å². The highest BCUT2D eigenvalue weighted by Crippen LogP contribution is 2.40. The summed E-state index contributed by atoms with van der Waals surface area (Å²) < 4.78 is 5.30. The molecule has 116 valence electrons. The Morgan fingerprint density at radius 3 is 2.55 bits per heavy atom. The summed E-state index contributed by atoms with van der Waals surface area (Å²) in [6, 6.07) is 3.34. The molecule has 2 aliphatic rings. The van der Waals surface area contributed by atoms with Crippen molar-refractivity contribution in [3.05, 3.63) is 28.3 Å². The van der Waals surface area contributed by atoms with E-state index in [-0.39, 0.29) is 29.9 Å². The van der Waals surface area contributed by atoms with Crippen LogP contribution in [-0.2, 0) is 16.0 Å². The molecular weight excluding hydrogens is 306 g/mol. The monoisotopic (exact) mass is 321 g/mol. The molecule has 5 nitrogen and oxygen atoms in total. The van der Waals surface area contributed by atoms with Crippen LogP contribution in [0.5, 0.6) is 5.75 Å². The lowest BCUT2D eigenvalue weighted by molar-refractivity contribution is -0.137. The number of piperidine rings is 1. The number of nitrogens with one attached hydrogen (secondary N) is 1. The van der Waals surface area contributed by atoms with E-state index in [2.05, 4.69) is 5.32 Å². The molecule has 0 bridgehead atoms. The predicted octanol–water partition coefficient (Wildman–Crippen LogP) is 2.15. The molecule has 1 aliphatic carbocycles. The molecule has 2 unspecified atom stereocenters. The zero-order chi connectivity index (χ0) is 15.9. The van der Waals surface area contributed by atoms with Gasteiger partial charge in [0, 0.05) is 29.4 Å². The van der Waals surface area contributed by atoms with Crippen LogP contribution in [0.2, 0.25) is 5.02 Å². The second-order valence-electron chi connectivity index (χ2n) is 5.67. The number of methoxy groups -OCH3 is 1. The van der Waals surface area contributed by atoms with Gasteiger partial charge >= 0.3 is 0 Å². The Morgan fingerprint density at radius 1 is 1.14 bits per heavy atom. The molecule has 22 heavy (non-hydrogen) atoms. The van der Waals surface area contributed by atoms with Crippen LogP contribution in [0.3, 0.4) is 0 Å². The molecular formula is C16H16ClNO4. The minimum atomic E-state index is -0.431. The van der Waals surface area contributed by atoms with Crippen molar-refractivity contribution < 1.29 is 19.1 Å². The number of Topliss-reactive ketones (excluding diaryl/α,β-unsaturated/α-hetero) is 1. The van der Waals surface area contributed by atoms with E-state index >= 15 is 0 Å². The lowest BCUT2D eigenvalue weighted by Crippen LogP contribution is -2.46. The highest BCUT2D eigenvalue weighted by Gasteiger charge is 2.40. The Kier molecular flexibility index (Phi) is 3.91. The number of halogens is 1. The van der Waals surface area contributed by atoms with E-state index in [1.807, 2.05) is 0 Å². The lowest BCUT2D eigenvalue weighted by Gasteiger charge is -2.32. The fourth-order valence-electron chi connectivity index (χ4n) is 3.41. The largest absolute Gasteiger partial charge is 0.495 e. The fraction of sp³-hybridized carbons (Fsp3) is 0.438. The van der Waals surface area contributed by atoms with Crippen molar-refractivity contribution in [3.63, 3.8) is 0 Å². The van der Waals surface area contributed by atoms with E-state index in [0.29, 0.717) is 35.6 Å². The van der Waals surface area contributed by atoms with Crippen molar-refractivity contribution in [2.24, 2.45) is 11.8 Å². The first-order chi connectivity index (χ1) is 10.5. The van der Waals surface area contributed by atoms with E-state index in [9.17, 15) is 14.4 Å². The maximum atomic E-state index is 12.8. The van der Waals surface area contributed by atoms with E-state index in [0.717, 1.165) is 5.56 Å². The van der Waals surface area contributed by atoms with Crippen LogP contribution >= 0.6 is 11.6 Å². The molecule has 1 aliphatic heterocycles. The third-order valence-electron chi connectivity index (χ3n) is 4.49. The summed E-state index contributed by atoms with van der Waals surface area (Å²) in [5.41, 5.74) is 1.38. The van der Waals surface area contributed by atoms with Gasteiger partial charge in [0.15, 0.2) is 5.78 Å². The second kappa shape index (κ2) is 5.72. The van der Waals surface area contributed by atoms with Gasteiger partial charge < -0.3 is 4.74 Å². The Hall–Kier alpha value is -1.88. The molecule has 1 N–H and O–H groups in total. The Balaban J connectivity index is 1.92. The molecule has 3 rings (SSSR count). The van der Waals surface area contributed by atoms with Gasteiger partial charge in [-0.2, -0.15) is 0 Å². The molecule has 1 aromatic rings. The zero-order valence-electron chi connectivity index (χ0n) is 12.1. The maximum Gasteiger partial charge on any atom is 0.230 e. The van der Waals surface area contributed by atoms with Gasteiger partial charge in [-0.1, -0.05) is 11.6 Å². The summed E-state index contributed by atoms with van der Waals surface area (Å²) in [5.74, 6) is -0.941. The highest BCUT2D eigenvalue weighted by atomic mass is 35.5. The van der Waals surface area contributed by atoms with E-state index < -0.39 is 5.92 Å². The zero-order valence-corrected chi connectivity index (χ0v) is 12.9. The molecule has 0 radical (unpaired) electrons. The number of carbonyl (C=O) groups excluding carboxylic acids is 3. The summed E-state index contributed by atoms with van der Waals surface area (Å²) in [6.07, 6.45) is 1.92. The molecule has 2 atom stereocenters. The average molecular weight is 322 g/mol. The van der Waals surface area contributed by atoms with Gasteiger partial charge in [0.2, 0.25) is 11.8 Å². The summed E-state index contributed by atoms with van der Waals surface area (Å²) >= 11 is 6.10. The number of carbonyl (C=O) groups is 3. The van der Waals surface area contributed by atoms with Crippen molar-refractivity contribution in [1.29, 1.82) is 0 Å². The normalized spacial score (nSPS) is 24.7. The summed E-state index contributed by atoms with van der Waals surface area (Å²) in [6.45, 7) is 0. The second-order valence-corrected chi connectivity index (χ2v) is 6.08. The van der Waals surface area contributed by atoms with Gasteiger partial charge in [0.25, 0.3) is 0 Å². The van der Waals surface area contributed by atoms with Gasteiger partial charge in [0.05, 0.1) is 12.1 Å². The number of imide groups is 1. The standard InChI is InChI=1S/C16H16ClNO4/c1-22-15-10-3-2-9(11-5-7-13(19)18-16(11)21)14(20)8(10)4-6-12(15)17/h4,6,9,11H,2-3,5,7H2,1H3,(H,18,19,21). The van der Waals surface area contributed by atoms with Crippen LogP contribution in [-0.4, -0.2) is 24.7 Å². The van der Waals surface area contributed by atoms with Crippen molar-refractivity contribution in [2.75, 3.05) is 7.11 Å². The van der Waals surface area contributed by atoms with Gasteiger partial charge in [0.1, 0.15) is 5.75 Å². The number of hydrogen-bond acceptors (Lipinski definition) is 4. The highest BCUT2D eigenvalue weighted by molar-refractivity contribution is 6.32. The molecule has 0 spiro atoms. The first kappa shape index (κ1) is 15.0. The summed E-state index contributed by atoms with van der Waals surface area (Å²) in [7, 11) is 1.53.